The van der Waals surface area contributed by atoms with Gasteiger partial charge in [-0.15, -0.1) is 0 Å². The smallest absolute Gasteiger partial charge is 0.0174 e. The topological polar surface area (TPSA) is 15.3 Å². The van der Waals surface area contributed by atoms with Gasteiger partial charge in [0.25, 0.3) is 0 Å². The Bertz CT molecular complexity index is 188. The molecule has 2 rings (SSSR count). The predicted molar refractivity (Wildman–Crippen MR) is 60.5 cm³/mol. The molecule has 2 aliphatic rings. The molecule has 2 heteroatoms. The van der Waals surface area contributed by atoms with Gasteiger partial charge >= 0.3 is 0 Å². The fourth-order valence-electron chi connectivity index (χ4n) is 2.79. The minimum Gasteiger partial charge on any atom is -0.314 e. The molecule has 0 atom stereocenters. The highest BCUT2D eigenvalue weighted by molar-refractivity contribution is 4.93. The lowest BCUT2D eigenvalue weighted by Gasteiger charge is -2.47. The van der Waals surface area contributed by atoms with Gasteiger partial charge in [0, 0.05) is 24.7 Å². The zero-order valence-electron chi connectivity index (χ0n) is 9.84. The summed E-state index contributed by atoms with van der Waals surface area (Å²) in [4.78, 5) is 2.71. The summed E-state index contributed by atoms with van der Waals surface area (Å²) in [7, 11) is 2.10. The van der Waals surface area contributed by atoms with Crippen molar-refractivity contribution in [3.05, 3.63) is 0 Å². The van der Waals surface area contributed by atoms with Crippen molar-refractivity contribution in [2.45, 2.75) is 51.1 Å². The standard InChI is InChI=1S/C12H24N2/c1-10-8-11(9-10)14-6-4-12(2,13-3)5-7-14/h10-11,13H,4-9H2,1-3H3. The fourth-order valence-corrected chi connectivity index (χ4v) is 2.79. The van der Waals surface area contributed by atoms with Gasteiger partial charge in [0.2, 0.25) is 0 Å². The summed E-state index contributed by atoms with van der Waals surface area (Å²) in [5.41, 5.74) is 0.409. The Morgan fingerprint density at radius 3 is 2.21 bits per heavy atom. The summed E-state index contributed by atoms with van der Waals surface area (Å²) in [5.74, 6) is 0.984. The summed E-state index contributed by atoms with van der Waals surface area (Å²) >= 11 is 0. The number of nitrogens with one attached hydrogen (secondary N) is 1. The van der Waals surface area contributed by atoms with Crippen LogP contribution in [0.3, 0.4) is 0 Å². The first-order valence-corrected chi connectivity index (χ1v) is 6.06. The van der Waals surface area contributed by atoms with Gasteiger partial charge in [0.1, 0.15) is 0 Å². The van der Waals surface area contributed by atoms with E-state index in [0.29, 0.717) is 5.54 Å². The molecule has 0 unspecified atom stereocenters. The van der Waals surface area contributed by atoms with Crippen LogP contribution in [0.4, 0.5) is 0 Å². The Balaban J connectivity index is 1.79. The molecule has 1 aliphatic heterocycles. The maximum atomic E-state index is 3.46. The van der Waals surface area contributed by atoms with E-state index in [1.807, 2.05) is 0 Å². The number of nitrogens with zero attached hydrogens (tertiary/aromatic N) is 1. The average molecular weight is 196 g/mol. The van der Waals surface area contributed by atoms with Crippen LogP contribution >= 0.6 is 0 Å². The second-order valence-corrected chi connectivity index (χ2v) is 5.58. The summed E-state index contributed by atoms with van der Waals surface area (Å²) in [5, 5.41) is 3.46. The molecule has 0 aromatic rings. The molecule has 0 aromatic heterocycles. The lowest BCUT2D eigenvalue weighted by molar-refractivity contribution is 0.0445. The van der Waals surface area contributed by atoms with E-state index in [9.17, 15) is 0 Å². The van der Waals surface area contributed by atoms with Gasteiger partial charge in [-0.2, -0.15) is 0 Å². The van der Waals surface area contributed by atoms with Crippen molar-refractivity contribution in [3.63, 3.8) is 0 Å². The zero-order chi connectivity index (χ0) is 10.2. The molecule has 1 aliphatic carbocycles. The SMILES string of the molecule is CNC1(C)CCN(C2CC(C)C2)CC1. The molecular formula is C12H24N2. The molecule has 0 aromatic carbocycles. The number of hydrogen-bond acceptors (Lipinski definition) is 2. The third-order valence-corrected chi connectivity index (χ3v) is 4.37. The molecule has 0 bridgehead atoms. The maximum absolute atomic E-state index is 3.46. The molecule has 2 fully saturated rings. The summed E-state index contributed by atoms with van der Waals surface area (Å²) in [6, 6.07) is 0.923. The Morgan fingerprint density at radius 2 is 1.79 bits per heavy atom. The quantitative estimate of drug-likeness (QED) is 0.725. The molecule has 14 heavy (non-hydrogen) atoms. The van der Waals surface area contributed by atoms with Gasteiger partial charge in [-0.25, -0.2) is 0 Å². The molecule has 82 valence electrons. The maximum Gasteiger partial charge on any atom is 0.0174 e. The Kier molecular flexibility index (Phi) is 2.85. The van der Waals surface area contributed by atoms with Gasteiger partial charge in [0.05, 0.1) is 0 Å². The monoisotopic (exact) mass is 196 g/mol. The third kappa shape index (κ3) is 1.96. The highest BCUT2D eigenvalue weighted by atomic mass is 15.2. The van der Waals surface area contributed by atoms with E-state index in [4.69, 9.17) is 0 Å². The number of hydrogen-bond donors (Lipinski definition) is 1. The average Bonchev–Trinajstić information content (AvgIpc) is 2.15. The molecule has 1 saturated carbocycles. The predicted octanol–water partition coefficient (Wildman–Crippen LogP) is 1.86. The Hall–Kier alpha value is -0.0800. The van der Waals surface area contributed by atoms with E-state index in [0.717, 1.165) is 12.0 Å². The minimum atomic E-state index is 0.409. The molecule has 0 radical (unpaired) electrons. The third-order valence-electron chi connectivity index (χ3n) is 4.37. The first-order chi connectivity index (χ1) is 6.63. The highest BCUT2D eigenvalue weighted by Crippen LogP contribution is 2.34. The number of likely N-dealkylation sites (tertiary alicyclic amines) is 1. The normalized spacial score (nSPS) is 37.9. The fraction of sp³-hybridized carbons (Fsp3) is 1.00. The van der Waals surface area contributed by atoms with E-state index in [1.165, 1.54) is 38.8 Å². The minimum absolute atomic E-state index is 0.409. The van der Waals surface area contributed by atoms with E-state index >= 15 is 0 Å². The zero-order valence-corrected chi connectivity index (χ0v) is 9.84. The van der Waals surface area contributed by atoms with E-state index in [2.05, 4.69) is 31.1 Å². The first kappa shape index (κ1) is 10.4. The molecule has 0 amide bonds. The Labute approximate surface area is 88.1 Å². The van der Waals surface area contributed by atoms with Gasteiger partial charge in [-0.1, -0.05) is 6.92 Å². The van der Waals surface area contributed by atoms with Gasteiger partial charge in [0.15, 0.2) is 0 Å². The summed E-state index contributed by atoms with van der Waals surface area (Å²) < 4.78 is 0. The van der Waals surface area contributed by atoms with Crippen LogP contribution in [0.1, 0.15) is 39.5 Å². The van der Waals surface area contributed by atoms with E-state index in [-0.39, 0.29) is 0 Å². The molecule has 1 saturated heterocycles. The van der Waals surface area contributed by atoms with Crippen LogP contribution in [0, 0.1) is 5.92 Å². The second-order valence-electron chi connectivity index (χ2n) is 5.58. The largest absolute Gasteiger partial charge is 0.314 e. The molecule has 1 N–H and O–H groups in total. The number of rotatable bonds is 2. The van der Waals surface area contributed by atoms with Crippen molar-refractivity contribution >= 4 is 0 Å². The van der Waals surface area contributed by atoms with Crippen LogP contribution in [0.25, 0.3) is 0 Å². The van der Waals surface area contributed by atoms with Gasteiger partial charge in [-0.05, 0) is 45.6 Å². The number of piperidine rings is 1. The van der Waals surface area contributed by atoms with Crippen LogP contribution in [0.5, 0.6) is 0 Å². The summed E-state index contributed by atoms with van der Waals surface area (Å²) in [6.07, 6.45) is 5.51. The lowest BCUT2D eigenvalue weighted by Crippen LogP contribution is -2.54. The van der Waals surface area contributed by atoms with Crippen LogP contribution < -0.4 is 5.32 Å². The second kappa shape index (κ2) is 3.82. The van der Waals surface area contributed by atoms with Crippen LogP contribution in [-0.2, 0) is 0 Å². The van der Waals surface area contributed by atoms with Crippen molar-refractivity contribution in [2.24, 2.45) is 5.92 Å². The van der Waals surface area contributed by atoms with Gasteiger partial charge < -0.3 is 10.2 Å². The Morgan fingerprint density at radius 1 is 1.21 bits per heavy atom. The van der Waals surface area contributed by atoms with Gasteiger partial charge in [-0.3, -0.25) is 0 Å². The van der Waals surface area contributed by atoms with E-state index < -0.39 is 0 Å². The molecule has 0 spiro atoms. The summed E-state index contributed by atoms with van der Waals surface area (Å²) in [6.45, 7) is 7.33. The van der Waals surface area contributed by atoms with Crippen molar-refractivity contribution in [1.82, 2.24) is 10.2 Å². The highest BCUT2D eigenvalue weighted by Gasteiger charge is 2.35. The van der Waals surface area contributed by atoms with E-state index in [1.54, 1.807) is 0 Å². The van der Waals surface area contributed by atoms with Crippen LogP contribution in [0.2, 0.25) is 0 Å². The van der Waals surface area contributed by atoms with Crippen molar-refractivity contribution < 1.29 is 0 Å². The first-order valence-electron chi connectivity index (χ1n) is 6.06. The van der Waals surface area contributed by atoms with Crippen LogP contribution in [0.15, 0.2) is 0 Å². The molecular weight excluding hydrogens is 172 g/mol. The van der Waals surface area contributed by atoms with Crippen molar-refractivity contribution in [1.29, 1.82) is 0 Å². The van der Waals surface area contributed by atoms with Crippen molar-refractivity contribution in [2.75, 3.05) is 20.1 Å². The van der Waals surface area contributed by atoms with Crippen LogP contribution in [-0.4, -0.2) is 36.6 Å². The lowest BCUT2D eigenvalue weighted by atomic mass is 9.79. The van der Waals surface area contributed by atoms with Crippen molar-refractivity contribution in [3.8, 4) is 0 Å². The molecule has 2 nitrogen and oxygen atoms in total. The molecule has 1 heterocycles.